The van der Waals surface area contributed by atoms with Gasteiger partial charge in [-0.3, -0.25) is 19.6 Å². The van der Waals surface area contributed by atoms with E-state index in [4.69, 9.17) is 11.5 Å². The number of amides is 2. The fraction of sp³-hybridized carbons (Fsp3) is 0.0588. The zero-order valence-electron chi connectivity index (χ0n) is 23.2. The van der Waals surface area contributed by atoms with Crippen LogP contribution in [-0.4, -0.2) is 21.8 Å². The lowest BCUT2D eigenvalue weighted by molar-refractivity contribution is 0.0993. The lowest BCUT2D eigenvalue weighted by atomic mass is 10.1. The van der Waals surface area contributed by atoms with Crippen LogP contribution < -0.4 is 11.5 Å². The van der Waals surface area contributed by atoms with Crippen LogP contribution in [0.25, 0.3) is 21.8 Å². The van der Waals surface area contributed by atoms with Crippen LogP contribution in [0.4, 0.5) is 0 Å². The summed E-state index contributed by atoms with van der Waals surface area (Å²) in [4.78, 5) is 34.0. The molecule has 0 aliphatic heterocycles. The summed E-state index contributed by atoms with van der Waals surface area (Å²) in [5, 5.41) is 1.43. The molecule has 42 heavy (non-hydrogen) atoms. The predicted octanol–water partition coefficient (Wildman–Crippen LogP) is 7.77. The van der Waals surface area contributed by atoms with E-state index in [0.717, 1.165) is 9.79 Å². The minimum atomic E-state index is -0.487. The molecule has 0 bridgehead atoms. The van der Waals surface area contributed by atoms with Crippen LogP contribution in [0.3, 0.4) is 0 Å². The van der Waals surface area contributed by atoms with E-state index in [1.165, 1.54) is 32.7 Å². The number of carbonyl (C=O) groups is 2. The summed E-state index contributed by atoms with van der Waals surface area (Å²) in [7, 11) is 3.00. The molecule has 8 heteroatoms. The second-order valence-corrected chi connectivity index (χ2v) is 11.4. The molecule has 0 aliphatic rings. The number of carbonyl (C=O) groups excluding carboxylic acids is 2. The molecule has 2 aromatic heterocycles. The summed E-state index contributed by atoms with van der Waals surface area (Å²) >= 11 is 0. The lowest BCUT2D eigenvalue weighted by Crippen LogP contribution is -2.11. The fourth-order valence-electron chi connectivity index (χ4n) is 4.02. The standard InChI is InChI=1S/C20H14N4O2S2.2C7H8/c21-19(25)13-7-9-23-17-11(13)3-1-5-15(17)27-28-16-6-2-4-12-14(20(22)26)8-10-24-18(12)16;2*1-7-5-3-2-4-6-7/h1-10H,(H2,21,25)(H2,22,26);2*2-6H,1H3. The summed E-state index contributed by atoms with van der Waals surface area (Å²) in [5.41, 5.74) is 15.9. The summed E-state index contributed by atoms with van der Waals surface area (Å²) in [6.45, 7) is 4.17. The van der Waals surface area contributed by atoms with Crippen LogP contribution in [0.5, 0.6) is 0 Å². The van der Waals surface area contributed by atoms with E-state index in [9.17, 15) is 9.59 Å². The molecule has 6 aromatic rings. The molecule has 2 heterocycles. The molecule has 0 fully saturated rings. The smallest absolute Gasteiger partial charge is 0.249 e. The molecule has 6 nitrogen and oxygen atoms in total. The molecule has 210 valence electrons. The highest BCUT2D eigenvalue weighted by Crippen LogP contribution is 2.42. The average molecular weight is 591 g/mol. The number of primary amides is 2. The molecule has 0 atom stereocenters. The van der Waals surface area contributed by atoms with Crippen molar-refractivity contribution in [1.82, 2.24) is 9.97 Å². The van der Waals surface area contributed by atoms with Crippen molar-refractivity contribution in [3.8, 4) is 0 Å². The maximum absolute atomic E-state index is 11.7. The maximum atomic E-state index is 11.7. The highest BCUT2D eigenvalue weighted by atomic mass is 33.1. The van der Waals surface area contributed by atoms with Gasteiger partial charge in [0.1, 0.15) is 0 Å². The Morgan fingerprint density at radius 2 is 0.905 bits per heavy atom. The van der Waals surface area contributed by atoms with Crippen molar-refractivity contribution in [2.24, 2.45) is 11.5 Å². The van der Waals surface area contributed by atoms with E-state index in [0.29, 0.717) is 32.9 Å². The average Bonchev–Trinajstić information content (AvgIpc) is 3.00. The van der Waals surface area contributed by atoms with Crippen molar-refractivity contribution < 1.29 is 9.59 Å². The Hall–Kier alpha value is -4.66. The molecule has 0 saturated carbocycles. The number of hydrogen-bond donors (Lipinski definition) is 2. The summed E-state index contributed by atoms with van der Waals surface area (Å²) in [5.74, 6) is -0.973. The number of rotatable bonds is 5. The molecular formula is C34H30N4O2S2. The van der Waals surface area contributed by atoms with E-state index < -0.39 is 11.8 Å². The van der Waals surface area contributed by atoms with E-state index in [1.54, 1.807) is 24.5 Å². The maximum Gasteiger partial charge on any atom is 0.249 e. The van der Waals surface area contributed by atoms with Gasteiger partial charge < -0.3 is 11.5 Å². The van der Waals surface area contributed by atoms with Gasteiger partial charge in [-0.25, -0.2) is 0 Å². The number of benzene rings is 4. The van der Waals surface area contributed by atoms with Gasteiger partial charge in [-0.1, -0.05) is 118 Å². The van der Waals surface area contributed by atoms with Gasteiger partial charge >= 0.3 is 0 Å². The Kier molecular flexibility index (Phi) is 10.7. The van der Waals surface area contributed by atoms with Crippen LogP contribution in [0.1, 0.15) is 31.8 Å². The normalized spacial score (nSPS) is 10.2. The molecule has 6 rings (SSSR count). The number of nitrogens with two attached hydrogens (primary N) is 2. The Balaban J connectivity index is 0.000000235. The van der Waals surface area contributed by atoms with Crippen LogP contribution in [0.2, 0.25) is 0 Å². The first-order valence-electron chi connectivity index (χ1n) is 13.1. The highest BCUT2D eigenvalue weighted by Gasteiger charge is 2.13. The van der Waals surface area contributed by atoms with Crippen molar-refractivity contribution in [3.05, 3.63) is 144 Å². The first-order valence-corrected chi connectivity index (χ1v) is 15.2. The Morgan fingerprint density at radius 1 is 0.524 bits per heavy atom. The third-order valence-electron chi connectivity index (χ3n) is 6.10. The molecule has 4 aromatic carbocycles. The first kappa shape index (κ1) is 30.3. The summed E-state index contributed by atoms with van der Waals surface area (Å²) < 4.78 is 0. The van der Waals surface area contributed by atoms with E-state index in [2.05, 4.69) is 48.1 Å². The Morgan fingerprint density at radius 3 is 1.21 bits per heavy atom. The number of para-hydroxylation sites is 2. The molecule has 0 saturated heterocycles. The molecule has 0 spiro atoms. The monoisotopic (exact) mass is 590 g/mol. The van der Waals surface area contributed by atoms with Gasteiger partial charge in [-0.2, -0.15) is 0 Å². The minimum Gasteiger partial charge on any atom is -0.366 e. The second kappa shape index (κ2) is 14.8. The van der Waals surface area contributed by atoms with E-state index in [1.807, 2.05) is 72.8 Å². The lowest BCUT2D eigenvalue weighted by Gasteiger charge is -2.09. The molecular weight excluding hydrogens is 561 g/mol. The van der Waals surface area contributed by atoms with Crippen LogP contribution in [0, 0.1) is 13.8 Å². The number of pyridine rings is 2. The van der Waals surface area contributed by atoms with Crippen molar-refractivity contribution in [2.75, 3.05) is 0 Å². The predicted molar refractivity (Wildman–Crippen MR) is 175 cm³/mol. The number of hydrogen-bond acceptors (Lipinski definition) is 6. The van der Waals surface area contributed by atoms with Crippen molar-refractivity contribution >= 4 is 55.2 Å². The van der Waals surface area contributed by atoms with Crippen LogP contribution in [-0.2, 0) is 0 Å². The molecule has 4 N–H and O–H groups in total. The van der Waals surface area contributed by atoms with Crippen molar-refractivity contribution in [3.63, 3.8) is 0 Å². The zero-order valence-corrected chi connectivity index (χ0v) is 24.9. The largest absolute Gasteiger partial charge is 0.366 e. The summed E-state index contributed by atoms with van der Waals surface area (Å²) in [6, 6.07) is 35.0. The molecule has 0 radical (unpaired) electrons. The third kappa shape index (κ3) is 7.96. The van der Waals surface area contributed by atoms with E-state index >= 15 is 0 Å². The second-order valence-electron chi connectivity index (χ2n) is 9.23. The van der Waals surface area contributed by atoms with Gasteiger partial charge in [-0.05, 0) is 38.1 Å². The van der Waals surface area contributed by atoms with Crippen molar-refractivity contribution in [2.45, 2.75) is 23.6 Å². The van der Waals surface area contributed by atoms with E-state index in [-0.39, 0.29) is 0 Å². The van der Waals surface area contributed by atoms with Gasteiger partial charge in [-0.15, -0.1) is 0 Å². The topological polar surface area (TPSA) is 112 Å². The Bertz CT molecular complexity index is 1680. The molecule has 0 aliphatic carbocycles. The SMILES string of the molecule is Cc1ccccc1.Cc1ccccc1.NC(=O)c1ccnc2c(SSc3cccc4c(C(N)=O)ccnc34)cccc12. The number of aromatic nitrogens is 2. The zero-order chi connectivity index (χ0) is 29.9. The fourth-order valence-corrected chi connectivity index (χ4v) is 6.30. The third-order valence-corrected chi connectivity index (χ3v) is 8.53. The number of fused-ring (bicyclic) bond motifs is 2. The van der Waals surface area contributed by atoms with Gasteiger partial charge in [0.2, 0.25) is 11.8 Å². The first-order chi connectivity index (χ1) is 20.3. The minimum absolute atomic E-state index is 0.440. The van der Waals surface area contributed by atoms with Gasteiger partial charge in [0.15, 0.2) is 0 Å². The van der Waals surface area contributed by atoms with Crippen LogP contribution >= 0.6 is 21.6 Å². The van der Waals surface area contributed by atoms with Crippen LogP contribution in [0.15, 0.2) is 131 Å². The molecule has 2 amide bonds. The number of nitrogens with zero attached hydrogens (tertiary/aromatic N) is 2. The highest BCUT2D eigenvalue weighted by molar-refractivity contribution is 8.76. The molecule has 0 unspecified atom stereocenters. The van der Waals surface area contributed by atoms with Gasteiger partial charge in [0.05, 0.1) is 22.2 Å². The summed E-state index contributed by atoms with van der Waals surface area (Å²) in [6.07, 6.45) is 3.16. The Labute approximate surface area is 253 Å². The van der Waals surface area contributed by atoms with Gasteiger partial charge in [0.25, 0.3) is 0 Å². The van der Waals surface area contributed by atoms with Crippen molar-refractivity contribution in [1.29, 1.82) is 0 Å². The van der Waals surface area contributed by atoms with Gasteiger partial charge in [0, 0.05) is 33.0 Å². The number of aryl methyl sites for hydroxylation is 2. The quantitative estimate of drug-likeness (QED) is 0.198.